The second kappa shape index (κ2) is 6.16. The van der Waals surface area contributed by atoms with Crippen LogP contribution in [0.4, 0.5) is 0 Å². The number of carbonyl (C=O) groups is 1. The van der Waals surface area contributed by atoms with Crippen molar-refractivity contribution in [1.82, 2.24) is 14.7 Å². The SMILES string of the molecule is COC(=O)CC1CN(Cc2cc(C)nn2C)CCO1. The first kappa shape index (κ1) is 14.0. The lowest BCUT2D eigenvalue weighted by molar-refractivity contribution is -0.145. The van der Waals surface area contributed by atoms with E-state index in [9.17, 15) is 4.79 Å². The van der Waals surface area contributed by atoms with E-state index in [0.717, 1.165) is 25.3 Å². The maximum Gasteiger partial charge on any atom is 0.308 e. The van der Waals surface area contributed by atoms with Crippen molar-refractivity contribution in [1.29, 1.82) is 0 Å². The Bertz CT molecular complexity index is 444. The number of aryl methyl sites for hydroxylation is 2. The molecule has 6 nitrogen and oxygen atoms in total. The van der Waals surface area contributed by atoms with E-state index in [1.165, 1.54) is 12.8 Å². The van der Waals surface area contributed by atoms with Gasteiger partial charge < -0.3 is 9.47 Å². The van der Waals surface area contributed by atoms with Crippen LogP contribution in [0, 0.1) is 6.92 Å². The number of hydrogen-bond donors (Lipinski definition) is 0. The second-order valence-corrected chi connectivity index (χ2v) is 4.91. The average molecular weight is 267 g/mol. The van der Waals surface area contributed by atoms with Gasteiger partial charge in [-0.15, -0.1) is 0 Å². The number of aromatic nitrogens is 2. The van der Waals surface area contributed by atoms with Crippen LogP contribution in [-0.4, -0.2) is 53.6 Å². The minimum Gasteiger partial charge on any atom is -0.469 e. The highest BCUT2D eigenvalue weighted by atomic mass is 16.5. The fraction of sp³-hybridized carbons (Fsp3) is 0.692. The van der Waals surface area contributed by atoms with Gasteiger partial charge in [0, 0.05) is 26.7 Å². The van der Waals surface area contributed by atoms with Gasteiger partial charge in [0.2, 0.25) is 0 Å². The van der Waals surface area contributed by atoms with Crippen molar-refractivity contribution in [3.8, 4) is 0 Å². The van der Waals surface area contributed by atoms with E-state index in [2.05, 4.69) is 20.8 Å². The molecule has 0 saturated carbocycles. The molecule has 0 N–H and O–H groups in total. The Kier molecular flexibility index (Phi) is 4.55. The molecule has 106 valence electrons. The Morgan fingerprint density at radius 3 is 3.05 bits per heavy atom. The number of nitrogens with zero attached hydrogens (tertiary/aromatic N) is 3. The summed E-state index contributed by atoms with van der Waals surface area (Å²) in [4.78, 5) is 13.6. The van der Waals surface area contributed by atoms with Gasteiger partial charge in [-0.25, -0.2) is 0 Å². The molecule has 0 amide bonds. The van der Waals surface area contributed by atoms with Crippen LogP contribution in [0.2, 0.25) is 0 Å². The standard InChI is InChI=1S/C13H21N3O3/c1-10-6-11(15(2)14-10)8-16-4-5-19-12(9-16)7-13(17)18-3/h6,12H,4-5,7-9H2,1-3H3. The highest BCUT2D eigenvalue weighted by molar-refractivity contribution is 5.69. The molecule has 0 aromatic carbocycles. The summed E-state index contributed by atoms with van der Waals surface area (Å²) in [6.45, 7) is 5.10. The Morgan fingerprint density at radius 2 is 2.42 bits per heavy atom. The van der Waals surface area contributed by atoms with E-state index < -0.39 is 0 Å². The minimum absolute atomic E-state index is 0.0736. The number of esters is 1. The largest absolute Gasteiger partial charge is 0.469 e. The van der Waals surface area contributed by atoms with Crippen LogP contribution in [0.1, 0.15) is 17.8 Å². The Hall–Kier alpha value is -1.40. The summed E-state index contributed by atoms with van der Waals surface area (Å²) in [6.07, 6.45) is 0.243. The first-order valence-electron chi connectivity index (χ1n) is 6.48. The van der Waals surface area contributed by atoms with Gasteiger partial charge in [-0.05, 0) is 13.0 Å². The highest BCUT2D eigenvalue weighted by Gasteiger charge is 2.23. The lowest BCUT2D eigenvalue weighted by atomic mass is 10.2. The van der Waals surface area contributed by atoms with Crippen molar-refractivity contribution in [2.45, 2.75) is 26.0 Å². The van der Waals surface area contributed by atoms with E-state index in [4.69, 9.17) is 4.74 Å². The number of carbonyl (C=O) groups excluding carboxylic acids is 1. The van der Waals surface area contributed by atoms with Gasteiger partial charge in [0.05, 0.1) is 37.6 Å². The van der Waals surface area contributed by atoms with Gasteiger partial charge in [-0.2, -0.15) is 5.10 Å². The Morgan fingerprint density at radius 1 is 1.63 bits per heavy atom. The molecule has 1 aliphatic heterocycles. The van der Waals surface area contributed by atoms with E-state index in [-0.39, 0.29) is 12.1 Å². The molecule has 6 heteroatoms. The zero-order valence-corrected chi connectivity index (χ0v) is 11.8. The van der Waals surface area contributed by atoms with Crippen molar-refractivity contribution in [2.24, 2.45) is 7.05 Å². The van der Waals surface area contributed by atoms with Crippen LogP contribution in [0.15, 0.2) is 6.07 Å². The average Bonchev–Trinajstić information content (AvgIpc) is 2.68. The summed E-state index contributed by atoms with van der Waals surface area (Å²) in [5, 5.41) is 4.34. The molecule has 0 aliphatic carbocycles. The van der Waals surface area contributed by atoms with Crippen LogP contribution < -0.4 is 0 Å². The predicted octanol–water partition coefficient (Wildman–Crippen LogP) is 0.492. The lowest BCUT2D eigenvalue weighted by Crippen LogP contribution is -2.43. The maximum absolute atomic E-state index is 11.3. The van der Waals surface area contributed by atoms with Crippen molar-refractivity contribution >= 4 is 5.97 Å². The van der Waals surface area contributed by atoms with Gasteiger partial charge in [0.15, 0.2) is 0 Å². The summed E-state index contributed by atoms with van der Waals surface area (Å²) in [6, 6.07) is 2.09. The zero-order chi connectivity index (χ0) is 13.8. The highest BCUT2D eigenvalue weighted by Crippen LogP contribution is 2.13. The van der Waals surface area contributed by atoms with Gasteiger partial charge in [0.25, 0.3) is 0 Å². The number of ether oxygens (including phenoxy) is 2. The number of methoxy groups -OCH3 is 1. The van der Waals surface area contributed by atoms with Crippen molar-refractivity contribution in [2.75, 3.05) is 26.8 Å². The fourth-order valence-electron chi connectivity index (χ4n) is 2.36. The molecule has 19 heavy (non-hydrogen) atoms. The number of rotatable bonds is 4. The molecule has 2 heterocycles. The minimum atomic E-state index is -0.219. The van der Waals surface area contributed by atoms with Gasteiger partial charge in [0.1, 0.15) is 0 Å². The summed E-state index contributed by atoms with van der Waals surface area (Å²) < 4.78 is 12.2. The summed E-state index contributed by atoms with van der Waals surface area (Å²) in [5.74, 6) is -0.219. The third-order valence-corrected chi connectivity index (χ3v) is 3.33. The monoisotopic (exact) mass is 267 g/mol. The lowest BCUT2D eigenvalue weighted by Gasteiger charge is -2.32. The third kappa shape index (κ3) is 3.78. The molecule has 1 atom stereocenters. The molecule has 1 unspecified atom stereocenters. The Labute approximate surface area is 113 Å². The van der Waals surface area contributed by atoms with Crippen LogP contribution in [0.3, 0.4) is 0 Å². The van der Waals surface area contributed by atoms with Crippen molar-refractivity contribution < 1.29 is 14.3 Å². The van der Waals surface area contributed by atoms with E-state index in [1.807, 2.05) is 18.7 Å². The van der Waals surface area contributed by atoms with Gasteiger partial charge >= 0.3 is 5.97 Å². The van der Waals surface area contributed by atoms with Crippen LogP contribution in [0.25, 0.3) is 0 Å². The predicted molar refractivity (Wildman–Crippen MR) is 69.6 cm³/mol. The zero-order valence-electron chi connectivity index (χ0n) is 11.8. The van der Waals surface area contributed by atoms with Gasteiger partial charge in [-0.1, -0.05) is 0 Å². The number of hydrogen-bond acceptors (Lipinski definition) is 5. The molecule has 1 fully saturated rings. The van der Waals surface area contributed by atoms with Crippen molar-refractivity contribution in [3.63, 3.8) is 0 Å². The van der Waals surface area contributed by atoms with E-state index >= 15 is 0 Å². The van der Waals surface area contributed by atoms with E-state index in [1.54, 1.807) is 0 Å². The Balaban J connectivity index is 1.90. The van der Waals surface area contributed by atoms with Crippen LogP contribution in [0.5, 0.6) is 0 Å². The summed E-state index contributed by atoms with van der Waals surface area (Å²) >= 11 is 0. The summed E-state index contributed by atoms with van der Waals surface area (Å²) in [5.41, 5.74) is 2.20. The fourth-order valence-corrected chi connectivity index (χ4v) is 2.36. The molecule has 1 aromatic heterocycles. The molecule has 0 radical (unpaired) electrons. The van der Waals surface area contributed by atoms with Crippen molar-refractivity contribution in [3.05, 3.63) is 17.5 Å². The smallest absolute Gasteiger partial charge is 0.308 e. The normalized spacial score (nSPS) is 20.5. The molecule has 1 saturated heterocycles. The molecule has 0 bridgehead atoms. The van der Waals surface area contributed by atoms with Gasteiger partial charge in [-0.3, -0.25) is 14.4 Å². The molecular weight excluding hydrogens is 246 g/mol. The van der Waals surface area contributed by atoms with Crippen LogP contribution in [-0.2, 0) is 27.9 Å². The first-order valence-corrected chi connectivity index (χ1v) is 6.48. The molecule has 1 aromatic rings. The molecule has 1 aliphatic rings. The molecule has 0 spiro atoms. The maximum atomic E-state index is 11.3. The second-order valence-electron chi connectivity index (χ2n) is 4.91. The first-order chi connectivity index (χ1) is 9.08. The quantitative estimate of drug-likeness (QED) is 0.743. The molecular formula is C13H21N3O3. The van der Waals surface area contributed by atoms with E-state index in [0.29, 0.717) is 13.0 Å². The molecule has 2 rings (SSSR count). The third-order valence-electron chi connectivity index (χ3n) is 3.33. The van der Waals surface area contributed by atoms with Crippen LogP contribution >= 0.6 is 0 Å². The number of morpholine rings is 1. The summed E-state index contributed by atoms with van der Waals surface area (Å²) in [7, 11) is 3.36. The topological polar surface area (TPSA) is 56.6 Å².